The first kappa shape index (κ1) is 12.1. The Kier molecular flexibility index (Phi) is 6.20. The molecular weight excluding hydrogens is 171 g/mol. The first-order chi connectivity index (χ1) is 6.07. The Bertz CT molecular complexity index is 178. The summed E-state index contributed by atoms with van der Waals surface area (Å²) >= 11 is 0. The lowest BCUT2D eigenvalue weighted by Gasteiger charge is -2.08. The van der Waals surface area contributed by atoms with Gasteiger partial charge in [0.05, 0.1) is 0 Å². The quantitative estimate of drug-likeness (QED) is 0.364. The highest BCUT2D eigenvalue weighted by atomic mass is 19.1. The van der Waals surface area contributed by atoms with E-state index in [9.17, 15) is 9.18 Å². The number of ether oxygens (including phenoxy) is 1. The van der Waals surface area contributed by atoms with Gasteiger partial charge in [-0.2, -0.15) is 0 Å². The van der Waals surface area contributed by atoms with Crippen LogP contribution in [0, 0.1) is 0 Å². The van der Waals surface area contributed by atoms with Crippen molar-refractivity contribution in [2.24, 2.45) is 0 Å². The van der Waals surface area contributed by atoms with E-state index in [1.165, 1.54) is 6.92 Å². The summed E-state index contributed by atoms with van der Waals surface area (Å²) in [5, 5.41) is 0. The Hall–Kier alpha value is -0.860. The van der Waals surface area contributed by atoms with E-state index in [2.05, 4.69) is 11.3 Å². The first-order valence-corrected chi connectivity index (χ1v) is 4.58. The average Bonchev–Trinajstić information content (AvgIpc) is 2.04. The van der Waals surface area contributed by atoms with Gasteiger partial charge in [0.1, 0.15) is 0 Å². The molecule has 0 aliphatic heterocycles. The second-order valence-electron chi connectivity index (χ2n) is 3.09. The number of carbonyl (C=O) groups excluding carboxylic acids is 1. The monoisotopic (exact) mass is 188 g/mol. The van der Waals surface area contributed by atoms with E-state index < -0.39 is 12.3 Å². The molecule has 0 aromatic carbocycles. The number of esters is 1. The second-order valence-corrected chi connectivity index (χ2v) is 3.09. The summed E-state index contributed by atoms with van der Waals surface area (Å²) in [5.41, 5.74) is 0.234. The SMILES string of the molecule is C=C(C)C(=O)OC(F)CCCCC. The lowest BCUT2D eigenvalue weighted by atomic mass is 10.2. The minimum absolute atomic E-state index is 0.234. The minimum atomic E-state index is -1.48. The Morgan fingerprint density at radius 2 is 2.15 bits per heavy atom. The summed E-state index contributed by atoms with van der Waals surface area (Å²) in [5.74, 6) is -0.649. The fraction of sp³-hybridized carbons (Fsp3) is 0.700. The molecule has 13 heavy (non-hydrogen) atoms. The van der Waals surface area contributed by atoms with Crippen LogP contribution in [0.4, 0.5) is 4.39 Å². The van der Waals surface area contributed by atoms with Crippen molar-refractivity contribution in [1.29, 1.82) is 0 Å². The first-order valence-electron chi connectivity index (χ1n) is 4.58. The summed E-state index contributed by atoms with van der Waals surface area (Å²) in [6.07, 6.45) is 1.55. The third-order valence-corrected chi connectivity index (χ3v) is 1.62. The fourth-order valence-corrected chi connectivity index (χ4v) is 0.830. The van der Waals surface area contributed by atoms with Crippen LogP contribution in [0.3, 0.4) is 0 Å². The van der Waals surface area contributed by atoms with Crippen molar-refractivity contribution in [2.45, 2.75) is 45.9 Å². The highest BCUT2D eigenvalue weighted by molar-refractivity contribution is 5.86. The largest absolute Gasteiger partial charge is 0.428 e. The summed E-state index contributed by atoms with van der Waals surface area (Å²) < 4.78 is 17.3. The van der Waals surface area contributed by atoms with Crippen molar-refractivity contribution < 1.29 is 13.9 Å². The van der Waals surface area contributed by atoms with E-state index >= 15 is 0 Å². The van der Waals surface area contributed by atoms with Gasteiger partial charge in [-0.25, -0.2) is 9.18 Å². The molecule has 0 saturated heterocycles. The highest BCUT2D eigenvalue weighted by Gasteiger charge is 2.12. The Labute approximate surface area is 78.8 Å². The van der Waals surface area contributed by atoms with Crippen molar-refractivity contribution in [1.82, 2.24) is 0 Å². The van der Waals surface area contributed by atoms with Gasteiger partial charge >= 0.3 is 5.97 Å². The van der Waals surface area contributed by atoms with Gasteiger partial charge < -0.3 is 4.74 Å². The van der Waals surface area contributed by atoms with Gasteiger partial charge in [-0.15, -0.1) is 0 Å². The number of halogens is 1. The van der Waals surface area contributed by atoms with Crippen molar-refractivity contribution in [2.75, 3.05) is 0 Å². The van der Waals surface area contributed by atoms with E-state index in [4.69, 9.17) is 0 Å². The maximum absolute atomic E-state index is 12.9. The lowest BCUT2D eigenvalue weighted by molar-refractivity contribution is -0.153. The molecule has 0 rings (SSSR count). The van der Waals surface area contributed by atoms with Crippen LogP contribution in [0.15, 0.2) is 12.2 Å². The number of carbonyl (C=O) groups is 1. The third-order valence-electron chi connectivity index (χ3n) is 1.62. The van der Waals surface area contributed by atoms with Crippen LogP contribution in [0.1, 0.15) is 39.5 Å². The zero-order valence-electron chi connectivity index (χ0n) is 8.31. The van der Waals surface area contributed by atoms with E-state index in [0.29, 0.717) is 0 Å². The Morgan fingerprint density at radius 1 is 1.54 bits per heavy atom. The van der Waals surface area contributed by atoms with Gasteiger partial charge in [0, 0.05) is 12.0 Å². The molecule has 0 N–H and O–H groups in total. The van der Waals surface area contributed by atoms with Gasteiger partial charge in [-0.05, 0) is 13.3 Å². The molecule has 76 valence electrons. The molecule has 1 unspecified atom stereocenters. The molecule has 1 atom stereocenters. The molecule has 0 aliphatic carbocycles. The fourth-order valence-electron chi connectivity index (χ4n) is 0.830. The Balaban J connectivity index is 3.55. The van der Waals surface area contributed by atoms with Crippen molar-refractivity contribution in [3.05, 3.63) is 12.2 Å². The van der Waals surface area contributed by atoms with Crippen molar-refractivity contribution in [3.63, 3.8) is 0 Å². The van der Waals surface area contributed by atoms with E-state index in [-0.39, 0.29) is 12.0 Å². The van der Waals surface area contributed by atoms with Gasteiger partial charge in [-0.3, -0.25) is 0 Å². The normalized spacial score (nSPS) is 12.2. The van der Waals surface area contributed by atoms with Crippen LogP contribution in [-0.2, 0) is 9.53 Å². The smallest absolute Gasteiger partial charge is 0.335 e. The molecule has 0 radical (unpaired) electrons. The van der Waals surface area contributed by atoms with Crippen LogP contribution in [0.5, 0.6) is 0 Å². The number of hydrogen-bond acceptors (Lipinski definition) is 2. The number of rotatable bonds is 6. The topological polar surface area (TPSA) is 26.3 Å². The van der Waals surface area contributed by atoms with Gasteiger partial charge in [0.25, 0.3) is 0 Å². The van der Waals surface area contributed by atoms with Crippen LogP contribution in [0.25, 0.3) is 0 Å². The number of alkyl halides is 1. The number of unbranched alkanes of at least 4 members (excludes halogenated alkanes) is 2. The molecule has 0 aromatic heterocycles. The van der Waals surface area contributed by atoms with E-state index in [0.717, 1.165) is 19.3 Å². The maximum Gasteiger partial charge on any atom is 0.335 e. The molecule has 0 fully saturated rings. The lowest BCUT2D eigenvalue weighted by Crippen LogP contribution is -2.13. The van der Waals surface area contributed by atoms with Crippen molar-refractivity contribution in [3.8, 4) is 0 Å². The zero-order valence-corrected chi connectivity index (χ0v) is 8.31. The third kappa shape index (κ3) is 6.31. The van der Waals surface area contributed by atoms with Gasteiger partial charge in [0.2, 0.25) is 6.36 Å². The van der Waals surface area contributed by atoms with E-state index in [1.54, 1.807) is 0 Å². The predicted molar refractivity (Wildman–Crippen MR) is 49.9 cm³/mol. The van der Waals surface area contributed by atoms with Crippen LogP contribution in [0.2, 0.25) is 0 Å². The standard InChI is InChI=1S/C10H17FO2/c1-4-5-6-7-9(11)13-10(12)8(2)3/h9H,2,4-7H2,1,3H3. The molecule has 3 heteroatoms. The molecule has 0 saturated carbocycles. The molecule has 2 nitrogen and oxygen atoms in total. The minimum Gasteiger partial charge on any atom is -0.428 e. The van der Waals surface area contributed by atoms with Crippen LogP contribution >= 0.6 is 0 Å². The van der Waals surface area contributed by atoms with Gasteiger partial charge in [-0.1, -0.05) is 26.3 Å². The van der Waals surface area contributed by atoms with Crippen molar-refractivity contribution >= 4 is 5.97 Å². The average molecular weight is 188 g/mol. The molecule has 0 heterocycles. The summed E-state index contributed by atoms with van der Waals surface area (Å²) in [6, 6.07) is 0. The van der Waals surface area contributed by atoms with Crippen LogP contribution < -0.4 is 0 Å². The summed E-state index contributed by atoms with van der Waals surface area (Å²) in [6.45, 7) is 6.90. The molecule has 0 amide bonds. The Morgan fingerprint density at radius 3 is 2.62 bits per heavy atom. The van der Waals surface area contributed by atoms with E-state index in [1.807, 2.05) is 6.92 Å². The maximum atomic E-state index is 12.9. The van der Waals surface area contributed by atoms with Gasteiger partial charge in [0.15, 0.2) is 0 Å². The predicted octanol–water partition coefficient (Wildman–Crippen LogP) is 2.98. The van der Waals surface area contributed by atoms with Crippen LogP contribution in [-0.4, -0.2) is 12.3 Å². The highest BCUT2D eigenvalue weighted by Crippen LogP contribution is 2.09. The molecule has 0 bridgehead atoms. The molecular formula is C10H17FO2. The molecule has 0 spiro atoms. The number of hydrogen-bond donors (Lipinski definition) is 0. The zero-order chi connectivity index (χ0) is 10.3. The molecule has 0 aromatic rings. The summed E-state index contributed by atoms with van der Waals surface area (Å²) in [7, 11) is 0. The molecule has 0 aliphatic rings. The second kappa shape index (κ2) is 6.63. The summed E-state index contributed by atoms with van der Waals surface area (Å²) in [4.78, 5) is 10.8.